The zero-order valence-corrected chi connectivity index (χ0v) is 19.6. The molecule has 0 spiro atoms. The van der Waals surface area contributed by atoms with Crippen LogP contribution in [-0.2, 0) is 4.74 Å². The number of imidazole rings is 1. The highest BCUT2D eigenvalue weighted by Crippen LogP contribution is 2.50. The van der Waals surface area contributed by atoms with Gasteiger partial charge in [0.1, 0.15) is 11.4 Å². The maximum absolute atomic E-state index is 6.65. The van der Waals surface area contributed by atoms with E-state index >= 15 is 0 Å². The monoisotopic (exact) mass is 430 g/mol. The summed E-state index contributed by atoms with van der Waals surface area (Å²) in [6.07, 6.45) is 11.1. The second-order valence-corrected chi connectivity index (χ2v) is 9.94. The summed E-state index contributed by atoms with van der Waals surface area (Å²) in [7, 11) is 0. The zero-order valence-electron chi connectivity index (χ0n) is 19.6. The number of hydrogen-bond acceptors (Lipinski definition) is 4. The van der Waals surface area contributed by atoms with Crippen LogP contribution < -0.4 is 10.6 Å². The van der Waals surface area contributed by atoms with E-state index in [-0.39, 0.29) is 5.60 Å². The van der Waals surface area contributed by atoms with Crippen molar-refractivity contribution in [3.05, 3.63) is 77.2 Å². The predicted octanol–water partition coefficient (Wildman–Crippen LogP) is 5.35. The summed E-state index contributed by atoms with van der Waals surface area (Å²) in [6, 6.07) is 8.72. The molecular formula is C27H34N4O. The zero-order chi connectivity index (χ0) is 22.5. The molecule has 1 saturated heterocycles. The van der Waals surface area contributed by atoms with Crippen LogP contribution in [0.1, 0.15) is 47.0 Å². The van der Waals surface area contributed by atoms with Gasteiger partial charge < -0.3 is 19.9 Å². The van der Waals surface area contributed by atoms with Crippen molar-refractivity contribution in [2.45, 2.75) is 52.6 Å². The van der Waals surface area contributed by atoms with E-state index < -0.39 is 0 Å². The van der Waals surface area contributed by atoms with Gasteiger partial charge in [-0.25, -0.2) is 4.98 Å². The van der Waals surface area contributed by atoms with Gasteiger partial charge in [-0.2, -0.15) is 0 Å². The maximum atomic E-state index is 6.65. The van der Waals surface area contributed by atoms with Gasteiger partial charge in [0.25, 0.3) is 0 Å². The quantitative estimate of drug-likeness (QED) is 0.664. The number of aromatic nitrogens is 2. The Morgan fingerprint density at radius 2 is 1.91 bits per heavy atom. The van der Waals surface area contributed by atoms with Crippen LogP contribution in [0, 0.1) is 11.8 Å². The van der Waals surface area contributed by atoms with Gasteiger partial charge in [0.05, 0.1) is 6.33 Å². The number of hydrogen-bond donors (Lipinski definition) is 1. The van der Waals surface area contributed by atoms with Crippen LogP contribution in [0.5, 0.6) is 0 Å². The van der Waals surface area contributed by atoms with Gasteiger partial charge in [0.2, 0.25) is 0 Å². The molecule has 2 aromatic rings. The van der Waals surface area contributed by atoms with Crippen LogP contribution in [-0.4, -0.2) is 28.2 Å². The molecule has 5 nitrogen and oxygen atoms in total. The van der Waals surface area contributed by atoms with Gasteiger partial charge in [-0.15, -0.1) is 0 Å². The van der Waals surface area contributed by atoms with E-state index in [9.17, 15) is 0 Å². The normalized spacial score (nSPS) is 28.0. The predicted molar refractivity (Wildman–Crippen MR) is 129 cm³/mol. The third-order valence-electron chi connectivity index (χ3n) is 7.73. The Bertz CT molecular complexity index is 1090. The SMILES string of the molecule is CC1=C(N)C(C)C2CC(C)(CC3=CCN(c4ccc(-n5ccnc5)cc4)CC3)OC2=C1C. The molecular weight excluding hydrogens is 396 g/mol. The molecule has 3 aliphatic rings. The highest BCUT2D eigenvalue weighted by molar-refractivity contribution is 5.52. The summed E-state index contributed by atoms with van der Waals surface area (Å²) in [5.41, 5.74) is 13.7. The number of allylic oxidation sites excluding steroid dienone is 4. The van der Waals surface area contributed by atoms with Gasteiger partial charge in [0, 0.05) is 60.8 Å². The molecule has 0 radical (unpaired) electrons. The van der Waals surface area contributed by atoms with Gasteiger partial charge >= 0.3 is 0 Å². The van der Waals surface area contributed by atoms with Gasteiger partial charge in [-0.3, -0.25) is 0 Å². The van der Waals surface area contributed by atoms with Crippen molar-refractivity contribution in [2.75, 3.05) is 18.0 Å². The Hall–Kier alpha value is -2.95. The summed E-state index contributed by atoms with van der Waals surface area (Å²) in [6.45, 7) is 10.8. The molecule has 3 unspecified atom stereocenters. The molecule has 0 amide bonds. The number of nitrogens with zero attached hydrogens (tertiary/aromatic N) is 3. The molecule has 32 heavy (non-hydrogen) atoms. The van der Waals surface area contributed by atoms with Crippen LogP contribution in [0.2, 0.25) is 0 Å². The number of fused-ring (bicyclic) bond motifs is 1. The van der Waals surface area contributed by atoms with Crippen molar-refractivity contribution in [2.24, 2.45) is 17.6 Å². The lowest BCUT2D eigenvalue weighted by molar-refractivity contribution is 0.0560. The van der Waals surface area contributed by atoms with Gasteiger partial charge in [0.15, 0.2) is 0 Å². The van der Waals surface area contributed by atoms with E-state index in [0.717, 1.165) is 43.7 Å². The first-order valence-corrected chi connectivity index (χ1v) is 11.7. The minimum Gasteiger partial charge on any atom is -0.491 e. The Labute approximate surface area is 191 Å². The van der Waals surface area contributed by atoms with Crippen molar-refractivity contribution in [3.63, 3.8) is 0 Å². The van der Waals surface area contributed by atoms with Crippen molar-refractivity contribution < 1.29 is 4.74 Å². The standard InChI is InChI=1S/C27H34N4O/c1-18-19(2)26-24(20(3)25(18)28)16-27(4,32-26)15-21-9-12-30(13-10-21)22-5-7-23(8-6-22)31-14-11-29-17-31/h5-9,11,14,17,20,24H,10,12-13,15-16,28H2,1-4H3. The van der Waals surface area contributed by atoms with Crippen molar-refractivity contribution in [3.8, 4) is 5.69 Å². The summed E-state index contributed by atoms with van der Waals surface area (Å²) in [5, 5.41) is 0. The molecule has 5 heteroatoms. The highest BCUT2D eigenvalue weighted by atomic mass is 16.5. The fourth-order valence-electron chi connectivity index (χ4n) is 5.60. The first-order chi connectivity index (χ1) is 15.3. The average Bonchev–Trinajstić information content (AvgIpc) is 3.45. The summed E-state index contributed by atoms with van der Waals surface area (Å²) >= 11 is 0. The molecule has 3 heterocycles. The summed E-state index contributed by atoms with van der Waals surface area (Å²) in [5.74, 6) is 1.96. The molecule has 0 bridgehead atoms. The van der Waals surface area contributed by atoms with E-state index in [1.165, 1.54) is 28.2 Å². The maximum Gasteiger partial charge on any atom is 0.110 e. The first-order valence-electron chi connectivity index (χ1n) is 11.7. The Kier molecular flexibility index (Phi) is 5.15. The first kappa shape index (κ1) is 20.9. The Morgan fingerprint density at radius 1 is 1.16 bits per heavy atom. The lowest BCUT2D eigenvalue weighted by Gasteiger charge is -2.32. The molecule has 1 aromatic heterocycles. The third kappa shape index (κ3) is 3.64. The van der Waals surface area contributed by atoms with Crippen LogP contribution in [0.15, 0.2) is 77.2 Å². The fourth-order valence-corrected chi connectivity index (χ4v) is 5.60. The molecule has 5 rings (SSSR count). The molecule has 2 N–H and O–H groups in total. The fraction of sp³-hybridized carbons (Fsp3) is 0.444. The van der Waals surface area contributed by atoms with Crippen LogP contribution in [0.4, 0.5) is 5.69 Å². The second kappa shape index (κ2) is 7.88. The Morgan fingerprint density at radius 3 is 2.56 bits per heavy atom. The van der Waals surface area contributed by atoms with E-state index in [1.807, 2.05) is 17.1 Å². The Balaban J connectivity index is 1.25. The molecule has 1 aromatic carbocycles. The van der Waals surface area contributed by atoms with Crippen LogP contribution in [0.25, 0.3) is 5.69 Å². The van der Waals surface area contributed by atoms with Crippen LogP contribution in [0.3, 0.4) is 0 Å². The van der Waals surface area contributed by atoms with Crippen molar-refractivity contribution in [1.82, 2.24) is 9.55 Å². The highest BCUT2D eigenvalue weighted by Gasteiger charge is 2.46. The largest absolute Gasteiger partial charge is 0.491 e. The number of anilines is 1. The number of rotatable bonds is 4. The minimum atomic E-state index is -0.138. The number of nitrogens with two attached hydrogens (primary N) is 1. The van der Waals surface area contributed by atoms with E-state index in [4.69, 9.17) is 10.5 Å². The third-order valence-corrected chi connectivity index (χ3v) is 7.73. The smallest absolute Gasteiger partial charge is 0.110 e. The summed E-state index contributed by atoms with van der Waals surface area (Å²) < 4.78 is 8.67. The van der Waals surface area contributed by atoms with E-state index in [2.05, 4.69) is 67.9 Å². The number of ether oxygens (including phenoxy) is 1. The van der Waals surface area contributed by atoms with Crippen molar-refractivity contribution in [1.29, 1.82) is 0 Å². The molecule has 1 fully saturated rings. The molecule has 0 saturated carbocycles. The average molecular weight is 431 g/mol. The lowest BCUT2D eigenvalue weighted by atomic mass is 9.76. The van der Waals surface area contributed by atoms with Gasteiger partial charge in [-0.05, 0) is 69.0 Å². The molecule has 3 atom stereocenters. The number of benzene rings is 1. The van der Waals surface area contributed by atoms with E-state index in [1.54, 1.807) is 6.20 Å². The minimum absolute atomic E-state index is 0.138. The molecule has 1 aliphatic carbocycles. The van der Waals surface area contributed by atoms with Crippen LogP contribution >= 0.6 is 0 Å². The van der Waals surface area contributed by atoms with Gasteiger partial charge in [-0.1, -0.05) is 18.6 Å². The second-order valence-electron chi connectivity index (χ2n) is 9.94. The molecule has 2 aliphatic heterocycles. The topological polar surface area (TPSA) is 56.3 Å². The van der Waals surface area contributed by atoms with Crippen molar-refractivity contribution >= 4 is 5.69 Å². The lowest BCUT2D eigenvalue weighted by Crippen LogP contribution is -2.31. The molecule has 168 valence electrons. The van der Waals surface area contributed by atoms with E-state index in [0.29, 0.717) is 11.8 Å². The summed E-state index contributed by atoms with van der Waals surface area (Å²) in [4.78, 5) is 6.58.